The quantitative estimate of drug-likeness (QED) is 0.268. The van der Waals surface area contributed by atoms with Gasteiger partial charge < -0.3 is 10.2 Å². The van der Waals surface area contributed by atoms with Gasteiger partial charge in [-0.05, 0) is 77.2 Å². The number of Topliss-reactive ketones (excluding diaryl/α,β-unsaturated/α-hetero) is 1. The van der Waals surface area contributed by atoms with Gasteiger partial charge in [0.1, 0.15) is 5.78 Å². The van der Waals surface area contributed by atoms with Crippen molar-refractivity contribution in [1.29, 1.82) is 0 Å². The molecule has 32 heavy (non-hydrogen) atoms. The minimum atomic E-state index is -1.85. The molecule has 176 valence electrons. The highest BCUT2D eigenvalue weighted by Gasteiger charge is 2.37. The fourth-order valence-electron chi connectivity index (χ4n) is 4.56. The number of aliphatic carboxylic acids is 1. The molecular formula is C28H40O4. The van der Waals surface area contributed by atoms with Crippen LogP contribution in [0.1, 0.15) is 90.5 Å². The Bertz CT molecular complexity index is 804. The number of carbonyl (C=O) groups excluding carboxylic acids is 1. The van der Waals surface area contributed by atoms with Crippen LogP contribution in [0.15, 0.2) is 53.6 Å². The van der Waals surface area contributed by atoms with Gasteiger partial charge in [0.2, 0.25) is 0 Å². The first kappa shape index (κ1) is 26.1. The van der Waals surface area contributed by atoms with Crippen molar-refractivity contribution in [3.05, 3.63) is 59.2 Å². The van der Waals surface area contributed by atoms with Crippen LogP contribution in [0.5, 0.6) is 0 Å². The molecule has 0 radical (unpaired) electrons. The molecular weight excluding hydrogens is 400 g/mol. The largest absolute Gasteiger partial charge is 0.479 e. The van der Waals surface area contributed by atoms with Crippen LogP contribution in [0.2, 0.25) is 0 Å². The van der Waals surface area contributed by atoms with Crippen LogP contribution >= 0.6 is 0 Å². The van der Waals surface area contributed by atoms with Gasteiger partial charge >= 0.3 is 5.97 Å². The molecule has 0 aromatic heterocycles. The minimum absolute atomic E-state index is 0.0956. The van der Waals surface area contributed by atoms with Crippen molar-refractivity contribution in [2.75, 3.05) is 0 Å². The number of aliphatic hydroxyl groups is 1. The average Bonchev–Trinajstić information content (AvgIpc) is 3.12. The molecule has 4 heteroatoms. The number of hydrogen-bond donors (Lipinski definition) is 2. The second kappa shape index (κ2) is 12.7. The van der Waals surface area contributed by atoms with Crippen LogP contribution < -0.4 is 0 Å². The number of carboxylic acids is 1. The van der Waals surface area contributed by atoms with E-state index in [4.69, 9.17) is 0 Å². The van der Waals surface area contributed by atoms with Gasteiger partial charge in [-0.2, -0.15) is 0 Å². The zero-order valence-corrected chi connectivity index (χ0v) is 20.0. The fraction of sp³-hybridized carbons (Fsp3) is 0.571. The van der Waals surface area contributed by atoms with Crippen molar-refractivity contribution in [1.82, 2.24) is 0 Å². The lowest BCUT2D eigenvalue weighted by Gasteiger charge is -2.24. The van der Waals surface area contributed by atoms with Crippen molar-refractivity contribution in [2.24, 2.45) is 11.8 Å². The summed E-state index contributed by atoms with van der Waals surface area (Å²) in [6, 6.07) is 8.60. The lowest BCUT2D eigenvalue weighted by molar-refractivity contribution is -0.160. The Labute approximate surface area is 193 Å². The predicted molar refractivity (Wildman–Crippen MR) is 129 cm³/mol. The number of unbranched alkanes of at least 4 members (excludes halogenated alkanes) is 3. The van der Waals surface area contributed by atoms with Gasteiger partial charge in [-0.1, -0.05) is 66.5 Å². The molecule has 1 aliphatic carbocycles. The number of hydrogen-bond acceptors (Lipinski definition) is 3. The highest BCUT2D eigenvalue weighted by molar-refractivity contribution is 5.83. The average molecular weight is 441 g/mol. The topological polar surface area (TPSA) is 74.6 Å². The predicted octanol–water partition coefficient (Wildman–Crippen LogP) is 6.59. The number of rotatable bonds is 13. The monoisotopic (exact) mass is 440 g/mol. The first-order valence-corrected chi connectivity index (χ1v) is 12.1. The van der Waals surface area contributed by atoms with Crippen LogP contribution in [0, 0.1) is 11.8 Å². The summed E-state index contributed by atoms with van der Waals surface area (Å²) in [4.78, 5) is 24.1. The van der Waals surface area contributed by atoms with E-state index < -0.39 is 11.6 Å². The molecule has 0 aliphatic heterocycles. The first-order valence-electron chi connectivity index (χ1n) is 12.1. The Kier molecular flexibility index (Phi) is 10.4. The number of ketones is 1. The zero-order chi connectivity index (χ0) is 23.6. The maximum absolute atomic E-state index is 12.4. The molecule has 0 bridgehead atoms. The number of carbonyl (C=O) groups is 2. The van der Waals surface area contributed by atoms with Crippen molar-refractivity contribution in [3.63, 3.8) is 0 Å². The van der Waals surface area contributed by atoms with E-state index in [-0.39, 0.29) is 12.3 Å². The third kappa shape index (κ3) is 7.44. The van der Waals surface area contributed by atoms with Crippen LogP contribution in [0.4, 0.5) is 0 Å². The summed E-state index contributed by atoms with van der Waals surface area (Å²) < 4.78 is 0. The Morgan fingerprint density at radius 2 is 1.81 bits per heavy atom. The SMILES string of the molecule is CC(C)=C(C)CCCC=C[C@H]1CCC(=O)[C@@H]1CCCCCC(O)(C(=O)O)c1ccccc1. The Balaban J connectivity index is 1.77. The summed E-state index contributed by atoms with van der Waals surface area (Å²) in [5, 5.41) is 20.3. The Morgan fingerprint density at radius 3 is 2.47 bits per heavy atom. The van der Waals surface area contributed by atoms with E-state index in [0.29, 0.717) is 30.1 Å². The summed E-state index contributed by atoms with van der Waals surface area (Å²) >= 11 is 0. The van der Waals surface area contributed by atoms with Crippen molar-refractivity contribution in [3.8, 4) is 0 Å². The molecule has 2 rings (SSSR count). The third-order valence-electron chi connectivity index (χ3n) is 6.97. The van der Waals surface area contributed by atoms with Gasteiger partial charge in [-0.15, -0.1) is 0 Å². The van der Waals surface area contributed by atoms with Crippen LogP contribution in [0.3, 0.4) is 0 Å². The molecule has 0 saturated heterocycles. The van der Waals surface area contributed by atoms with E-state index >= 15 is 0 Å². The molecule has 1 saturated carbocycles. The van der Waals surface area contributed by atoms with Gasteiger partial charge in [0.25, 0.3) is 0 Å². The highest BCUT2D eigenvalue weighted by Crippen LogP contribution is 2.34. The van der Waals surface area contributed by atoms with Gasteiger partial charge in [0.15, 0.2) is 5.60 Å². The van der Waals surface area contributed by atoms with E-state index in [1.54, 1.807) is 30.3 Å². The van der Waals surface area contributed by atoms with Crippen molar-refractivity contribution in [2.45, 2.75) is 90.6 Å². The molecule has 3 atom stereocenters. The van der Waals surface area contributed by atoms with Gasteiger partial charge in [0.05, 0.1) is 0 Å². The maximum Gasteiger partial charge on any atom is 0.340 e. The molecule has 1 aliphatic rings. The third-order valence-corrected chi connectivity index (χ3v) is 6.97. The number of carboxylic acid groups (broad SMARTS) is 1. The maximum atomic E-state index is 12.4. The lowest BCUT2D eigenvalue weighted by atomic mass is 9.86. The number of benzene rings is 1. The smallest absolute Gasteiger partial charge is 0.340 e. The van der Waals surface area contributed by atoms with E-state index in [0.717, 1.165) is 44.9 Å². The number of allylic oxidation sites excluding steroid dienone is 4. The molecule has 1 fully saturated rings. The summed E-state index contributed by atoms with van der Waals surface area (Å²) in [5.41, 5.74) is 1.44. The highest BCUT2D eigenvalue weighted by atomic mass is 16.4. The summed E-state index contributed by atoms with van der Waals surface area (Å²) in [6.45, 7) is 6.51. The molecule has 0 heterocycles. The Hall–Kier alpha value is -2.20. The zero-order valence-electron chi connectivity index (χ0n) is 20.0. The molecule has 4 nitrogen and oxygen atoms in total. The lowest BCUT2D eigenvalue weighted by Crippen LogP contribution is -2.35. The van der Waals surface area contributed by atoms with Crippen LogP contribution in [-0.4, -0.2) is 22.0 Å². The first-order chi connectivity index (χ1) is 15.3. The second-order valence-electron chi connectivity index (χ2n) is 9.51. The summed E-state index contributed by atoms with van der Waals surface area (Å²) in [7, 11) is 0. The van der Waals surface area contributed by atoms with E-state index in [1.807, 2.05) is 0 Å². The molecule has 1 aromatic rings. The fourth-order valence-corrected chi connectivity index (χ4v) is 4.56. The van der Waals surface area contributed by atoms with Crippen molar-refractivity contribution < 1.29 is 19.8 Å². The summed E-state index contributed by atoms with van der Waals surface area (Å²) in [6.07, 6.45) is 12.8. The standard InChI is InChI=1S/C28H40O4/c1-21(2)22(3)13-7-4-8-14-23-18-19-26(29)25(23)17-11-6-12-20-28(32,27(30)31)24-15-9-5-10-16-24/h5,8-10,14-16,23,25,32H,4,6-7,11-13,17-20H2,1-3H3,(H,30,31)/t23-,25+,28?/m0/s1. The second-order valence-corrected chi connectivity index (χ2v) is 9.51. The molecule has 0 amide bonds. The van der Waals surface area contributed by atoms with E-state index in [1.165, 1.54) is 11.1 Å². The van der Waals surface area contributed by atoms with Crippen LogP contribution in [0.25, 0.3) is 0 Å². The van der Waals surface area contributed by atoms with Gasteiger partial charge in [0, 0.05) is 12.3 Å². The summed E-state index contributed by atoms with van der Waals surface area (Å²) in [5.74, 6) is -0.406. The van der Waals surface area contributed by atoms with Crippen LogP contribution in [-0.2, 0) is 15.2 Å². The van der Waals surface area contributed by atoms with Crippen molar-refractivity contribution >= 4 is 11.8 Å². The molecule has 1 aromatic carbocycles. The van der Waals surface area contributed by atoms with Gasteiger partial charge in [-0.3, -0.25) is 4.79 Å². The Morgan fingerprint density at radius 1 is 1.09 bits per heavy atom. The van der Waals surface area contributed by atoms with Gasteiger partial charge in [-0.25, -0.2) is 4.79 Å². The minimum Gasteiger partial charge on any atom is -0.479 e. The molecule has 2 N–H and O–H groups in total. The van der Waals surface area contributed by atoms with E-state index in [9.17, 15) is 19.8 Å². The molecule has 0 spiro atoms. The van der Waals surface area contributed by atoms with E-state index in [2.05, 4.69) is 32.9 Å². The normalized spacial score (nSPS) is 20.4. The molecule has 1 unspecified atom stereocenters.